The van der Waals surface area contributed by atoms with Crippen molar-refractivity contribution in [2.45, 2.75) is 52.7 Å². The molecule has 1 aromatic carbocycles. The van der Waals surface area contributed by atoms with Crippen LogP contribution in [0.3, 0.4) is 0 Å². The van der Waals surface area contributed by atoms with Gasteiger partial charge in [-0.3, -0.25) is 4.79 Å². The predicted octanol–water partition coefficient (Wildman–Crippen LogP) is 2.73. The molecule has 1 amide bonds. The van der Waals surface area contributed by atoms with E-state index in [1.54, 1.807) is 19.9 Å². The van der Waals surface area contributed by atoms with Crippen LogP contribution in [-0.4, -0.2) is 23.7 Å². The lowest BCUT2D eigenvalue weighted by atomic mass is 10.1. The molecule has 0 bridgehead atoms. The maximum atomic E-state index is 11.9. The van der Waals surface area contributed by atoms with Gasteiger partial charge in [0.2, 0.25) is 0 Å². The Bertz CT molecular complexity index is 443. The third-order valence-electron chi connectivity index (χ3n) is 3.12. The molecule has 112 valence electrons. The van der Waals surface area contributed by atoms with Crippen molar-refractivity contribution < 1.29 is 14.6 Å². The average Bonchev–Trinajstić information content (AvgIpc) is 2.40. The zero-order chi connectivity index (χ0) is 15.1. The van der Waals surface area contributed by atoms with E-state index in [0.29, 0.717) is 17.9 Å². The molecule has 0 saturated heterocycles. The van der Waals surface area contributed by atoms with Crippen LogP contribution in [0, 0.1) is 6.92 Å². The van der Waals surface area contributed by atoms with Crippen LogP contribution in [0.15, 0.2) is 18.2 Å². The van der Waals surface area contributed by atoms with Crippen LogP contribution in [0.4, 0.5) is 0 Å². The molecule has 20 heavy (non-hydrogen) atoms. The standard InChI is InChI=1S/C16H25NO3/c1-5-6-9-17-16(19)13(4)20-15-8-7-11(2)10-14(15)12(3)18/h7-8,10,12-13,18H,5-6,9H2,1-4H3,(H,17,19)/t12-,13?/m1/s1. The fourth-order valence-electron chi connectivity index (χ4n) is 1.88. The number of carbonyl (C=O) groups excluding carboxylic acids is 1. The fourth-order valence-corrected chi connectivity index (χ4v) is 1.88. The molecular formula is C16H25NO3. The topological polar surface area (TPSA) is 58.6 Å². The zero-order valence-electron chi connectivity index (χ0n) is 12.8. The van der Waals surface area contributed by atoms with Gasteiger partial charge < -0.3 is 15.2 Å². The third-order valence-corrected chi connectivity index (χ3v) is 3.12. The summed E-state index contributed by atoms with van der Waals surface area (Å²) in [5, 5.41) is 12.6. The van der Waals surface area contributed by atoms with Crippen LogP contribution in [-0.2, 0) is 4.79 Å². The van der Waals surface area contributed by atoms with Gasteiger partial charge in [-0.05, 0) is 39.3 Å². The van der Waals surface area contributed by atoms with Crippen molar-refractivity contribution in [1.82, 2.24) is 5.32 Å². The van der Waals surface area contributed by atoms with Gasteiger partial charge in [0.15, 0.2) is 6.10 Å². The van der Waals surface area contributed by atoms with Crippen LogP contribution in [0.25, 0.3) is 0 Å². The van der Waals surface area contributed by atoms with Gasteiger partial charge in [0, 0.05) is 12.1 Å². The van der Waals surface area contributed by atoms with Gasteiger partial charge in [-0.25, -0.2) is 0 Å². The molecule has 0 aromatic heterocycles. The lowest BCUT2D eigenvalue weighted by Crippen LogP contribution is -2.37. The minimum Gasteiger partial charge on any atom is -0.481 e. The van der Waals surface area contributed by atoms with Crippen molar-refractivity contribution in [3.05, 3.63) is 29.3 Å². The molecule has 4 heteroatoms. The van der Waals surface area contributed by atoms with Crippen molar-refractivity contribution in [3.8, 4) is 5.75 Å². The predicted molar refractivity (Wildman–Crippen MR) is 79.8 cm³/mol. The summed E-state index contributed by atoms with van der Waals surface area (Å²) >= 11 is 0. The second-order valence-corrected chi connectivity index (χ2v) is 5.12. The summed E-state index contributed by atoms with van der Waals surface area (Å²) in [4.78, 5) is 11.9. The van der Waals surface area contributed by atoms with E-state index in [4.69, 9.17) is 4.74 Å². The zero-order valence-corrected chi connectivity index (χ0v) is 12.8. The van der Waals surface area contributed by atoms with Crippen molar-refractivity contribution >= 4 is 5.91 Å². The molecule has 1 unspecified atom stereocenters. The molecule has 2 N–H and O–H groups in total. The minimum atomic E-state index is -0.625. The van der Waals surface area contributed by atoms with Crippen molar-refractivity contribution in [3.63, 3.8) is 0 Å². The maximum Gasteiger partial charge on any atom is 0.260 e. The van der Waals surface area contributed by atoms with E-state index in [2.05, 4.69) is 12.2 Å². The number of amides is 1. The van der Waals surface area contributed by atoms with Crippen molar-refractivity contribution in [1.29, 1.82) is 0 Å². The van der Waals surface area contributed by atoms with Gasteiger partial charge in [-0.15, -0.1) is 0 Å². The minimum absolute atomic E-state index is 0.129. The highest BCUT2D eigenvalue weighted by Gasteiger charge is 2.17. The van der Waals surface area contributed by atoms with Crippen LogP contribution in [0.2, 0.25) is 0 Å². The Labute approximate surface area is 121 Å². The van der Waals surface area contributed by atoms with E-state index in [0.717, 1.165) is 18.4 Å². The molecule has 2 atom stereocenters. The number of hydrogen-bond donors (Lipinski definition) is 2. The number of carbonyl (C=O) groups is 1. The third kappa shape index (κ3) is 4.85. The normalized spacial score (nSPS) is 13.7. The molecular weight excluding hydrogens is 254 g/mol. The molecule has 0 fully saturated rings. The molecule has 0 spiro atoms. The summed E-state index contributed by atoms with van der Waals surface area (Å²) < 4.78 is 5.68. The lowest BCUT2D eigenvalue weighted by Gasteiger charge is -2.18. The number of hydrogen-bond acceptors (Lipinski definition) is 3. The van der Waals surface area contributed by atoms with Crippen LogP contribution in [0.1, 0.15) is 50.8 Å². The molecule has 4 nitrogen and oxygen atoms in total. The number of unbranched alkanes of at least 4 members (excludes halogenated alkanes) is 1. The van der Waals surface area contributed by atoms with Crippen LogP contribution < -0.4 is 10.1 Å². The SMILES string of the molecule is CCCCNC(=O)C(C)Oc1ccc(C)cc1[C@@H](C)O. The van der Waals surface area contributed by atoms with Crippen molar-refractivity contribution in [2.75, 3.05) is 6.54 Å². The molecule has 1 aromatic rings. The molecule has 0 aliphatic carbocycles. The van der Waals surface area contributed by atoms with E-state index in [9.17, 15) is 9.90 Å². The molecule has 0 heterocycles. The Morgan fingerprint density at radius 3 is 2.70 bits per heavy atom. The van der Waals surface area contributed by atoms with Gasteiger partial charge in [-0.2, -0.15) is 0 Å². The molecule has 1 rings (SSSR count). The monoisotopic (exact) mass is 279 g/mol. The maximum absolute atomic E-state index is 11.9. The van der Waals surface area contributed by atoms with Gasteiger partial charge in [0.1, 0.15) is 5.75 Å². The van der Waals surface area contributed by atoms with Crippen LogP contribution in [0.5, 0.6) is 5.75 Å². The Morgan fingerprint density at radius 2 is 2.10 bits per heavy atom. The summed E-state index contributed by atoms with van der Waals surface area (Å²) in [6.07, 6.45) is 0.800. The molecule has 0 saturated carbocycles. The number of nitrogens with one attached hydrogen (secondary N) is 1. The van der Waals surface area contributed by atoms with E-state index in [-0.39, 0.29) is 5.91 Å². The summed E-state index contributed by atoms with van der Waals surface area (Å²) in [6, 6.07) is 5.58. The number of rotatable bonds is 7. The Morgan fingerprint density at radius 1 is 1.40 bits per heavy atom. The average molecular weight is 279 g/mol. The highest BCUT2D eigenvalue weighted by Crippen LogP contribution is 2.27. The fraction of sp³-hybridized carbons (Fsp3) is 0.562. The Hall–Kier alpha value is -1.55. The van der Waals surface area contributed by atoms with Crippen LogP contribution >= 0.6 is 0 Å². The first-order valence-electron chi connectivity index (χ1n) is 7.18. The Kier molecular flexibility index (Phi) is 6.52. The molecule has 0 radical (unpaired) electrons. The van der Waals surface area contributed by atoms with Gasteiger partial charge in [0.05, 0.1) is 6.10 Å². The quantitative estimate of drug-likeness (QED) is 0.755. The number of aliphatic hydroxyl groups excluding tert-OH is 1. The van der Waals surface area contributed by atoms with Gasteiger partial charge in [0.25, 0.3) is 5.91 Å². The number of aliphatic hydroxyl groups is 1. The smallest absolute Gasteiger partial charge is 0.260 e. The highest BCUT2D eigenvalue weighted by molar-refractivity contribution is 5.80. The molecule has 0 aliphatic heterocycles. The van der Waals surface area contributed by atoms with Crippen molar-refractivity contribution in [2.24, 2.45) is 0 Å². The number of ether oxygens (including phenoxy) is 1. The van der Waals surface area contributed by atoms with Gasteiger partial charge in [-0.1, -0.05) is 25.0 Å². The summed E-state index contributed by atoms with van der Waals surface area (Å²) in [6.45, 7) is 8.10. The number of benzene rings is 1. The molecule has 0 aliphatic rings. The summed E-state index contributed by atoms with van der Waals surface area (Å²) in [7, 11) is 0. The van der Waals surface area contributed by atoms with E-state index in [1.807, 2.05) is 19.1 Å². The largest absolute Gasteiger partial charge is 0.481 e. The first-order chi connectivity index (χ1) is 9.45. The summed E-state index contributed by atoms with van der Waals surface area (Å²) in [5.41, 5.74) is 1.76. The van der Waals surface area contributed by atoms with E-state index < -0.39 is 12.2 Å². The lowest BCUT2D eigenvalue weighted by molar-refractivity contribution is -0.127. The van der Waals surface area contributed by atoms with Gasteiger partial charge >= 0.3 is 0 Å². The Balaban J connectivity index is 2.70. The second kappa shape index (κ2) is 7.90. The first kappa shape index (κ1) is 16.5. The summed E-state index contributed by atoms with van der Waals surface area (Å²) in [5.74, 6) is 0.430. The van der Waals surface area contributed by atoms with E-state index in [1.165, 1.54) is 0 Å². The second-order valence-electron chi connectivity index (χ2n) is 5.12. The van der Waals surface area contributed by atoms with E-state index >= 15 is 0 Å². The number of aryl methyl sites for hydroxylation is 1. The highest BCUT2D eigenvalue weighted by atomic mass is 16.5. The first-order valence-corrected chi connectivity index (χ1v) is 7.18.